The fraction of sp³-hybridized carbons (Fsp3) is 0.462. The van der Waals surface area contributed by atoms with Crippen molar-refractivity contribution in [2.75, 3.05) is 26.2 Å². The Hall–Kier alpha value is -3.22. The molecule has 7 heteroatoms. The molecule has 1 fully saturated rings. The van der Waals surface area contributed by atoms with Crippen molar-refractivity contribution in [1.29, 1.82) is 0 Å². The maximum atomic E-state index is 12.8. The third-order valence-corrected chi connectivity index (χ3v) is 6.56. The Morgan fingerprint density at radius 3 is 2.18 bits per heavy atom. The van der Waals surface area contributed by atoms with E-state index in [-0.39, 0.29) is 11.8 Å². The van der Waals surface area contributed by atoms with E-state index in [2.05, 4.69) is 22.2 Å². The maximum Gasteiger partial charge on any atom is 0.223 e. The average molecular weight is 448 g/mol. The van der Waals surface area contributed by atoms with E-state index in [4.69, 9.17) is 0 Å². The molecule has 0 N–H and O–H groups in total. The molecule has 3 heterocycles. The van der Waals surface area contributed by atoms with Gasteiger partial charge in [0.05, 0.1) is 5.69 Å². The molecule has 2 amide bonds. The van der Waals surface area contributed by atoms with Crippen LogP contribution in [0.3, 0.4) is 0 Å². The van der Waals surface area contributed by atoms with Gasteiger partial charge in [0.1, 0.15) is 0 Å². The zero-order chi connectivity index (χ0) is 23.4. The summed E-state index contributed by atoms with van der Waals surface area (Å²) in [4.78, 5) is 33.9. The van der Waals surface area contributed by atoms with E-state index in [1.165, 1.54) is 5.56 Å². The van der Waals surface area contributed by atoms with E-state index >= 15 is 0 Å². The molecule has 1 aromatic carbocycles. The first kappa shape index (κ1) is 23.0. The number of aromatic nitrogens is 3. The highest BCUT2D eigenvalue weighted by Crippen LogP contribution is 2.18. The fourth-order valence-corrected chi connectivity index (χ4v) is 4.64. The fourth-order valence-electron chi connectivity index (χ4n) is 4.64. The van der Waals surface area contributed by atoms with Crippen LogP contribution in [-0.2, 0) is 22.4 Å². The third kappa shape index (κ3) is 5.41. The number of fused-ring (bicyclic) bond motifs is 1. The Labute approximate surface area is 195 Å². The minimum atomic E-state index is 0.140. The summed E-state index contributed by atoms with van der Waals surface area (Å²) in [5, 5.41) is 4.52. The Kier molecular flexibility index (Phi) is 7.06. The normalized spacial score (nSPS) is 14.2. The quantitative estimate of drug-likeness (QED) is 0.557. The van der Waals surface area contributed by atoms with Gasteiger partial charge in [-0.3, -0.25) is 9.59 Å². The first-order valence-electron chi connectivity index (χ1n) is 11.8. The molecule has 0 saturated carbocycles. The van der Waals surface area contributed by atoms with Crippen LogP contribution in [0.1, 0.15) is 47.5 Å². The molecule has 0 unspecified atom stereocenters. The smallest absolute Gasteiger partial charge is 0.223 e. The molecule has 3 aromatic rings. The van der Waals surface area contributed by atoms with Gasteiger partial charge in [-0.15, -0.1) is 0 Å². The molecular weight excluding hydrogens is 414 g/mol. The van der Waals surface area contributed by atoms with Gasteiger partial charge in [0.2, 0.25) is 11.8 Å². The van der Waals surface area contributed by atoms with Crippen molar-refractivity contribution < 1.29 is 9.59 Å². The van der Waals surface area contributed by atoms with Crippen molar-refractivity contribution in [1.82, 2.24) is 24.4 Å². The zero-order valence-corrected chi connectivity index (χ0v) is 19.9. The number of amides is 2. The molecule has 1 saturated heterocycles. The third-order valence-electron chi connectivity index (χ3n) is 6.56. The van der Waals surface area contributed by atoms with Crippen LogP contribution in [0.15, 0.2) is 36.4 Å². The Morgan fingerprint density at radius 1 is 0.879 bits per heavy atom. The van der Waals surface area contributed by atoms with Crippen LogP contribution >= 0.6 is 0 Å². The number of rotatable bonds is 7. The van der Waals surface area contributed by atoms with Gasteiger partial charge in [0.25, 0.3) is 0 Å². The highest BCUT2D eigenvalue weighted by atomic mass is 16.2. The van der Waals surface area contributed by atoms with Crippen LogP contribution in [0, 0.1) is 20.8 Å². The average Bonchev–Trinajstić information content (AvgIpc) is 3.19. The highest BCUT2D eigenvalue weighted by Gasteiger charge is 2.24. The predicted molar refractivity (Wildman–Crippen MR) is 128 cm³/mol. The predicted octanol–water partition coefficient (Wildman–Crippen LogP) is 3.28. The molecule has 174 valence electrons. The molecule has 0 bridgehead atoms. The topological polar surface area (TPSA) is 70.8 Å². The van der Waals surface area contributed by atoms with Gasteiger partial charge in [-0.2, -0.15) is 5.10 Å². The zero-order valence-electron chi connectivity index (χ0n) is 19.9. The number of aryl methyl sites for hydroxylation is 4. The monoisotopic (exact) mass is 447 g/mol. The number of nitrogens with zero attached hydrogens (tertiary/aromatic N) is 5. The van der Waals surface area contributed by atoms with E-state index in [1.54, 1.807) is 0 Å². The van der Waals surface area contributed by atoms with E-state index in [0.29, 0.717) is 45.4 Å². The molecule has 1 aliphatic heterocycles. The lowest BCUT2D eigenvalue weighted by molar-refractivity contribution is -0.139. The Balaban J connectivity index is 1.24. The standard InChI is InChI=1S/C26H33N5O2/c1-19-18-24-27-20(2)23(21(3)31(24)28-19)12-13-26(33)30-16-14-29(15-17-30)25(32)11-7-10-22-8-5-4-6-9-22/h4-6,8-9,18H,7,10-17H2,1-3H3. The highest BCUT2D eigenvalue weighted by molar-refractivity contribution is 5.78. The number of carbonyl (C=O) groups excluding carboxylic acids is 2. The molecule has 2 aromatic heterocycles. The van der Waals surface area contributed by atoms with Gasteiger partial charge in [-0.05, 0) is 51.2 Å². The van der Waals surface area contributed by atoms with Gasteiger partial charge in [-0.25, -0.2) is 9.50 Å². The van der Waals surface area contributed by atoms with Crippen molar-refractivity contribution in [3.63, 3.8) is 0 Å². The molecule has 0 atom stereocenters. The summed E-state index contributed by atoms with van der Waals surface area (Å²) in [6, 6.07) is 12.2. The Morgan fingerprint density at radius 2 is 1.52 bits per heavy atom. The van der Waals surface area contributed by atoms with E-state index < -0.39 is 0 Å². The summed E-state index contributed by atoms with van der Waals surface area (Å²) in [6.07, 6.45) is 3.43. The lowest BCUT2D eigenvalue weighted by Crippen LogP contribution is -2.50. The van der Waals surface area contributed by atoms with Crippen molar-refractivity contribution in [2.24, 2.45) is 0 Å². The second-order valence-electron chi connectivity index (χ2n) is 8.92. The molecule has 0 spiro atoms. The van der Waals surface area contributed by atoms with Crippen molar-refractivity contribution in [3.05, 3.63) is 64.6 Å². The minimum absolute atomic E-state index is 0.140. The van der Waals surface area contributed by atoms with Gasteiger partial charge in [0.15, 0.2) is 5.65 Å². The van der Waals surface area contributed by atoms with E-state index in [1.807, 2.05) is 59.4 Å². The molecule has 7 nitrogen and oxygen atoms in total. The second-order valence-corrected chi connectivity index (χ2v) is 8.92. The minimum Gasteiger partial charge on any atom is -0.339 e. The Bertz CT molecular complexity index is 1130. The summed E-state index contributed by atoms with van der Waals surface area (Å²) in [6.45, 7) is 8.45. The van der Waals surface area contributed by atoms with Crippen LogP contribution in [0.2, 0.25) is 0 Å². The van der Waals surface area contributed by atoms with E-state index in [9.17, 15) is 9.59 Å². The molecule has 4 rings (SSSR count). The second kappa shape index (κ2) is 10.1. The van der Waals surface area contributed by atoms with Crippen LogP contribution in [0.4, 0.5) is 0 Å². The van der Waals surface area contributed by atoms with Crippen LogP contribution in [0.5, 0.6) is 0 Å². The summed E-state index contributed by atoms with van der Waals surface area (Å²) in [7, 11) is 0. The summed E-state index contributed by atoms with van der Waals surface area (Å²) >= 11 is 0. The van der Waals surface area contributed by atoms with Crippen molar-refractivity contribution in [3.8, 4) is 0 Å². The number of piperazine rings is 1. The lowest BCUT2D eigenvalue weighted by Gasteiger charge is -2.35. The number of hydrogen-bond acceptors (Lipinski definition) is 4. The lowest BCUT2D eigenvalue weighted by atomic mass is 10.1. The van der Waals surface area contributed by atoms with Crippen LogP contribution in [-0.4, -0.2) is 62.4 Å². The van der Waals surface area contributed by atoms with Crippen LogP contribution in [0.25, 0.3) is 5.65 Å². The number of hydrogen-bond donors (Lipinski definition) is 0. The van der Waals surface area contributed by atoms with E-state index in [0.717, 1.165) is 41.1 Å². The summed E-state index contributed by atoms with van der Waals surface area (Å²) < 4.78 is 1.87. The maximum absolute atomic E-state index is 12.8. The van der Waals surface area contributed by atoms with Gasteiger partial charge in [0, 0.05) is 56.5 Å². The molecular formula is C26H33N5O2. The molecule has 0 radical (unpaired) electrons. The molecule has 33 heavy (non-hydrogen) atoms. The van der Waals surface area contributed by atoms with Crippen molar-refractivity contribution in [2.45, 2.75) is 52.9 Å². The van der Waals surface area contributed by atoms with Crippen LogP contribution < -0.4 is 0 Å². The number of carbonyl (C=O) groups is 2. The molecule has 1 aliphatic rings. The number of benzene rings is 1. The van der Waals surface area contributed by atoms with Gasteiger partial charge >= 0.3 is 0 Å². The largest absolute Gasteiger partial charge is 0.339 e. The van der Waals surface area contributed by atoms with Gasteiger partial charge in [-0.1, -0.05) is 30.3 Å². The summed E-state index contributed by atoms with van der Waals surface area (Å²) in [5.74, 6) is 0.333. The van der Waals surface area contributed by atoms with Crippen molar-refractivity contribution >= 4 is 17.5 Å². The SMILES string of the molecule is Cc1cc2nc(C)c(CCC(=O)N3CCN(C(=O)CCCc4ccccc4)CC3)c(C)n2n1. The first-order valence-corrected chi connectivity index (χ1v) is 11.8. The first-order chi connectivity index (χ1) is 15.9. The van der Waals surface area contributed by atoms with Gasteiger partial charge < -0.3 is 9.80 Å². The molecule has 0 aliphatic carbocycles. The summed E-state index contributed by atoms with van der Waals surface area (Å²) in [5.41, 5.74) is 6.14.